The summed E-state index contributed by atoms with van der Waals surface area (Å²) in [7, 11) is 1.43. The SMILES string of the molecule is COc1ccc(Br)c(F)c1C(O)CCN. The van der Waals surface area contributed by atoms with Crippen LogP contribution in [0.1, 0.15) is 18.1 Å². The maximum atomic E-state index is 13.7. The zero-order valence-electron chi connectivity index (χ0n) is 8.34. The lowest BCUT2D eigenvalue weighted by atomic mass is 10.0. The van der Waals surface area contributed by atoms with Gasteiger partial charge in [-0.05, 0) is 41.0 Å². The summed E-state index contributed by atoms with van der Waals surface area (Å²) in [6.07, 6.45) is -0.647. The fourth-order valence-electron chi connectivity index (χ4n) is 1.34. The maximum Gasteiger partial charge on any atom is 0.146 e. The van der Waals surface area contributed by atoms with Crippen molar-refractivity contribution < 1.29 is 14.2 Å². The summed E-state index contributed by atoms with van der Waals surface area (Å²) in [5.41, 5.74) is 5.46. The van der Waals surface area contributed by atoms with E-state index in [0.717, 1.165) is 0 Å². The third-order valence-electron chi connectivity index (χ3n) is 2.09. The molecule has 1 rings (SSSR count). The Balaban J connectivity index is 3.17. The second kappa shape index (κ2) is 5.44. The number of methoxy groups -OCH3 is 1. The second-order valence-electron chi connectivity index (χ2n) is 3.07. The van der Waals surface area contributed by atoms with Gasteiger partial charge >= 0.3 is 0 Å². The lowest BCUT2D eigenvalue weighted by Gasteiger charge is -2.15. The lowest BCUT2D eigenvalue weighted by molar-refractivity contribution is 0.161. The number of hydrogen-bond acceptors (Lipinski definition) is 3. The Kier molecular flexibility index (Phi) is 4.50. The first kappa shape index (κ1) is 12.4. The normalized spacial score (nSPS) is 12.6. The highest BCUT2D eigenvalue weighted by atomic mass is 79.9. The molecule has 1 aromatic rings. The van der Waals surface area contributed by atoms with E-state index in [1.165, 1.54) is 13.2 Å². The van der Waals surface area contributed by atoms with Gasteiger partial charge in [-0.2, -0.15) is 0 Å². The minimum absolute atomic E-state index is 0.150. The first-order valence-corrected chi connectivity index (χ1v) is 5.31. The Morgan fingerprint density at radius 3 is 2.80 bits per heavy atom. The molecule has 0 aliphatic rings. The molecule has 0 aliphatic carbocycles. The van der Waals surface area contributed by atoms with Crippen LogP contribution in [0, 0.1) is 5.82 Å². The summed E-state index contributed by atoms with van der Waals surface area (Å²) in [6, 6.07) is 3.13. The van der Waals surface area contributed by atoms with Crippen LogP contribution >= 0.6 is 15.9 Å². The van der Waals surface area contributed by atoms with Crippen molar-refractivity contribution in [2.45, 2.75) is 12.5 Å². The molecule has 0 fully saturated rings. The minimum Gasteiger partial charge on any atom is -0.496 e. The molecule has 0 heterocycles. The van der Waals surface area contributed by atoms with Crippen molar-refractivity contribution in [1.29, 1.82) is 0 Å². The van der Waals surface area contributed by atoms with Gasteiger partial charge in [0, 0.05) is 0 Å². The average molecular weight is 278 g/mol. The molecule has 5 heteroatoms. The smallest absolute Gasteiger partial charge is 0.146 e. The summed E-state index contributed by atoms with van der Waals surface area (Å²) in [5, 5.41) is 9.72. The van der Waals surface area contributed by atoms with Gasteiger partial charge in [-0.25, -0.2) is 4.39 Å². The summed E-state index contributed by atoms with van der Waals surface area (Å²) >= 11 is 3.06. The Hall–Kier alpha value is -0.650. The van der Waals surface area contributed by atoms with Gasteiger partial charge < -0.3 is 15.6 Å². The fraction of sp³-hybridized carbons (Fsp3) is 0.400. The van der Waals surface area contributed by atoms with E-state index < -0.39 is 11.9 Å². The van der Waals surface area contributed by atoms with E-state index in [1.54, 1.807) is 6.07 Å². The van der Waals surface area contributed by atoms with Crippen LogP contribution in [0.2, 0.25) is 0 Å². The summed E-state index contributed by atoms with van der Waals surface area (Å²) in [4.78, 5) is 0. The number of aliphatic hydroxyl groups is 1. The Labute approximate surface area is 96.2 Å². The number of benzene rings is 1. The van der Waals surface area contributed by atoms with E-state index >= 15 is 0 Å². The highest BCUT2D eigenvalue weighted by molar-refractivity contribution is 9.10. The molecule has 0 spiro atoms. The quantitative estimate of drug-likeness (QED) is 0.885. The highest BCUT2D eigenvalue weighted by Crippen LogP contribution is 2.33. The Morgan fingerprint density at radius 1 is 1.60 bits per heavy atom. The monoisotopic (exact) mass is 277 g/mol. The van der Waals surface area contributed by atoms with Crippen molar-refractivity contribution in [2.75, 3.05) is 13.7 Å². The number of ether oxygens (including phenoxy) is 1. The zero-order valence-corrected chi connectivity index (χ0v) is 9.92. The number of hydrogen-bond donors (Lipinski definition) is 2. The van der Waals surface area contributed by atoms with Gasteiger partial charge in [-0.15, -0.1) is 0 Å². The van der Waals surface area contributed by atoms with Gasteiger partial charge in [0.1, 0.15) is 11.6 Å². The van der Waals surface area contributed by atoms with Gasteiger partial charge in [-0.3, -0.25) is 0 Å². The molecule has 15 heavy (non-hydrogen) atoms. The van der Waals surface area contributed by atoms with E-state index in [0.29, 0.717) is 16.6 Å². The number of halogens is 2. The molecule has 3 nitrogen and oxygen atoms in total. The van der Waals surface area contributed by atoms with Gasteiger partial charge in [0.15, 0.2) is 0 Å². The molecule has 1 atom stereocenters. The molecule has 84 valence electrons. The van der Waals surface area contributed by atoms with Crippen molar-refractivity contribution in [2.24, 2.45) is 5.73 Å². The van der Waals surface area contributed by atoms with E-state index in [2.05, 4.69) is 15.9 Å². The number of nitrogens with two attached hydrogens (primary N) is 1. The predicted molar refractivity (Wildman–Crippen MR) is 59.3 cm³/mol. The zero-order chi connectivity index (χ0) is 11.4. The van der Waals surface area contributed by atoms with Crippen LogP contribution < -0.4 is 10.5 Å². The van der Waals surface area contributed by atoms with E-state index in [4.69, 9.17) is 10.5 Å². The number of aliphatic hydroxyl groups excluding tert-OH is 1. The van der Waals surface area contributed by atoms with Gasteiger partial charge in [0.05, 0.1) is 23.2 Å². The van der Waals surface area contributed by atoms with Crippen LogP contribution in [-0.4, -0.2) is 18.8 Å². The molecule has 0 radical (unpaired) electrons. The summed E-state index contributed by atoms with van der Waals surface area (Å²) in [5.74, 6) is -0.174. The molecule has 3 N–H and O–H groups in total. The van der Waals surface area contributed by atoms with Crippen LogP contribution in [0.25, 0.3) is 0 Å². The first-order valence-electron chi connectivity index (χ1n) is 4.51. The molecule has 0 aromatic heterocycles. The van der Waals surface area contributed by atoms with Crippen molar-refractivity contribution in [1.82, 2.24) is 0 Å². The average Bonchev–Trinajstić information content (AvgIpc) is 2.22. The van der Waals surface area contributed by atoms with Crippen LogP contribution in [-0.2, 0) is 0 Å². The third-order valence-corrected chi connectivity index (χ3v) is 2.70. The topological polar surface area (TPSA) is 55.5 Å². The molecule has 0 amide bonds. The molecule has 1 aromatic carbocycles. The first-order chi connectivity index (χ1) is 7.11. The molecule has 0 saturated carbocycles. The van der Waals surface area contributed by atoms with Gasteiger partial charge in [0.2, 0.25) is 0 Å². The Morgan fingerprint density at radius 2 is 2.27 bits per heavy atom. The molecule has 1 unspecified atom stereocenters. The fourth-order valence-corrected chi connectivity index (χ4v) is 1.69. The van der Waals surface area contributed by atoms with E-state index in [1.807, 2.05) is 0 Å². The van der Waals surface area contributed by atoms with Crippen molar-refractivity contribution in [3.05, 3.63) is 28.0 Å². The Bertz CT molecular complexity index is 346. The second-order valence-corrected chi connectivity index (χ2v) is 3.92. The molecular formula is C10H13BrFNO2. The van der Waals surface area contributed by atoms with Gasteiger partial charge in [-0.1, -0.05) is 0 Å². The predicted octanol–water partition coefficient (Wildman–Crippen LogP) is 1.98. The summed E-state index contributed by atoms with van der Waals surface area (Å²) < 4.78 is 19.0. The van der Waals surface area contributed by atoms with Crippen LogP contribution in [0.5, 0.6) is 5.75 Å². The van der Waals surface area contributed by atoms with Crippen molar-refractivity contribution in [3.8, 4) is 5.75 Å². The third kappa shape index (κ3) is 2.68. The minimum atomic E-state index is -0.942. The maximum absolute atomic E-state index is 13.7. The van der Waals surface area contributed by atoms with E-state index in [9.17, 15) is 9.50 Å². The standard InChI is InChI=1S/C10H13BrFNO2/c1-15-8-3-2-6(11)10(12)9(8)7(14)4-5-13/h2-3,7,14H,4-5,13H2,1H3. The van der Waals surface area contributed by atoms with Crippen LogP contribution in [0.3, 0.4) is 0 Å². The van der Waals surface area contributed by atoms with Crippen LogP contribution in [0.15, 0.2) is 16.6 Å². The van der Waals surface area contributed by atoms with Crippen molar-refractivity contribution in [3.63, 3.8) is 0 Å². The lowest BCUT2D eigenvalue weighted by Crippen LogP contribution is -2.10. The molecule has 0 saturated heterocycles. The van der Waals surface area contributed by atoms with E-state index in [-0.39, 0.29) is 12.1 Å². The van der Waals surface area contributed by atoms with Crippen molar-refractivity contribution >= 4 is 15.9 Å². The molecule has 0 aliphatic heterocycles. The van der Waals surface area contributed by atoms with Crippen LogP contribution in [0.4, 0.5) is 4.39 Å². The van der Waals surface area contributed by atoms with Gasteiger partial charge in [0.25, 0.3) is 0 Å². The molecule has 0 bridgehead atoms. The molecular weight excluding hydrogens is 265 g/mol. The number of rotatable bonds is 4. The largest absolute Gasteiger partial charge is 0.496 e. The highest BCUT2D eigenvalue weighted by Gasteiger charge is 2.19. The summed E-state index contributed by atoms with van der Waals surface area (Å²) in [6.45, 7) is 0.288.